The molecule has 9 heteroatoms. The Balaban J connectivity index is 1.52. The minimum atomic E-state index is -0.344. The Labute approximate surface area is 168 Å². The summed E-state index contributed by atoms with van der Waals surface area (Å²) in [7, 11) is 1.58. The van der Waals surface area contributed by atoms with Crippen molar-refractivity contribution >= 4 is 11.8 Å². The number of hydrogen-bond donors (Lipinski definition) is 2. The predicted molar refractivity (Wildman–Crippen MR) is 105 cm³/mol. The van der Waals surface area contributed by atoms with E-state index in [1.165, 1.54) is 6.20 Å². The minimum Gasteiger partial charge on any atom is -0.490 e. The number of ether oxygens (including phenoxy) is 2. The number of carbonyl (C=O) groups excluding carboxylic acids is 2. The quantitative estimate of drug-likeness (QED) is 0.666. The second-order valence-corrected chi connectivity index (χ2v) is 6.68. The van der Waals surface area contributed by atoms with E-state index in [4.69, 9.17) is 9.47 Å². The lowest BCUT2D eigenvalue weighted by Crippen LogP contribution is -2.42. The maximum atomic E-state index is 12.5. The highest BCUT2D eigenvalue weighted by molar-refractivity contribution is 5.94. The van der Waals surface area contributed by atoms with E-state index < -0.39 is 0 Å². The molecule has 1 fully saturated rings. The smallest absolute Gasteiger partial charge is 0.273 e. The number of carbonyl (C=O) groups is 2. The van der Waals surface area contributed by atoms with Crippen LogP contribution in [0.3, 0.4) is 0 Å². The molecule has 0 atom stereocenters. The normalized spacial score (nSPS) is 14.4. The molecule has 0 bridgehead atoms. The lowest BCUT2D eigenvalue weighted by molar-refractivity contribution is 0.0589. The molecular weight excluding hydrogens is 376 g/mol. The molecule has 1 aliphatic heterocycles. The van der Waals surface area contributed by atoms with Gasteiger partial charge in [0.25, 0.3) is 17.4 Å². The van der Waals surface area contributed by atoms with Crippen molar-refractivity contribution in [2.24, 2.45) is 0 Å². The van der Waals surface area contributed by atoms with Gasteiger partial charge in [-0.25, -0.2) is 4.98 Å². The van der Waals surface area contributed by atoms with E-state index >= 15 is 0 Å². The zero-order valence-corrected chi connectivity index (χ0v) is 16.2. The molecule has 154 valence electrons. The molecule has 1 aromatic carbocycles. The van der Waals surface area contributed by atoms with Gasteiger partial charge in [0.2, 0.25) is 0 Å². The summed E-state index contributed by atoms with van der Waals surface area (Å²) in [5, 5.41) is 2.78. The van der Waals surface area contributed by atoms with E-state index in [0.717, 1.165) is 6.20 Å². The first-order valence-corrected chi connectivity index (χ1v) is 9.44. The molecule has 2 aromatic rings. The van der Waals surface area contributed by atoms with Crippen molar-refractivity contribution in [3.63, 3.8) is 0 Å². The summed E-state index contributed by atoms with van der Waals surface area (Å²) < 4.78 is 10.9. The standard InChI is InChI=1S/C20H24N4O5/c1-28-10-7-21-19(26)14-3-2-4-16(11-14)29-15-5-8-24(9-6-15)20(27)17-12-23-18(25)13-22-17/h2-4,11-13,15H,5-10H2,1H3,(H,21,26)(H,23,25). The summed E-state index contributed by atoms with van der Waals surface area (Å²) in [6, 6.07) is 7.03. The molecular formula is C20H24N4O5. The first kappa shape index (κ1) is 20.5. The van der Waals surface area contributed by atoms with Crippen molar-refractivity contribution in [3.05, 3.63) is 58.3 Å². The number of H-pyrrole nitrogens is 1. The predicted octanol–water partition coefficient (Wildman–Crippen LogP) is 0.830. The number of hydrogen-bond acceptors (Lipinski definition) is 6. The Hall–Kier alpha value is -3.20. The molecule has 2 heterocycles. The van der Waals surface area contributed by atoms with Gasteiger partial charge in [-0.2, -0.15) is 0 Å². The maximum Gasteiger partial charge on any atom is 0.273 e. The SMILES string of the molecule is COCCNC(=O)c1cccc(OC2CCN(C(=O)c3c[nH]c(=O)cn3)CC2)c1. The van der Waals surface area contributed by atoms with E-state index in [1.807, 2.05) is 6.07 Å². The van der Waals surface area contributed by atoms with Crippen molar-refractivity contribution in [2.75, 3.05) is 33.4 Å². The Morgan fingerprint density at radius 1 is 1.31 bits per heavy atom. The van der Waals surface area contributed by atoms with Crippen LogP contribution in [-0.4, -0.2) is 66.1 Å². The molecule has 1 aliphatic rings. The van der Waals surface area contributed by atoms with Crippen LogP contribution >= 0.6 is 0 Å². The fraction of sp³-hybridized carbons (Fsp3) is 0.400. The van der Waals surface area contributed by atoms with Crippen LogP contribution in [0, 0.1) is 0 Å². The second kappa shape index (κ2) is 9.83. The number of amides is 2. The van der Waals surface area contributed by atoms with Crippen molar-refractivity contribution < 1.29 is 19.1 Å². The van der Waals surface area contributed by atoms with Crippen molar-refractivity contribution in [2.45, 2.75) is 18.9 Å². The van der Waals surface area contributed by atoms with Gasteiger partial charge >= 0.3 is 0 Å². The number of methoxy groups -OCH3 is 1. The van der Waals surface area contributed by atoms with Crippen molar-refractivity contribution in [1.29, 1.82) is 0 Å². The lowest BCUT2D eigenvalue weighted by Gasteiger charge is -2.32. The van der Waals surface area contributed by atoms with Crippen LogP contribution in [0.4, 0.5) is 0 Å². The number of nitrogens with one attached hydrogen (secondary N) is 2. The number of likely N-dealkylation sites (tertiary alicyclic amines) is 1. The van der Waals surface area contributed by atoms with Gasteiger partial charge in [0.15, 0.2) is 0 Å². The molecule has 2 N–H and O–H groups in total. The average Bonchev–Trinajstić information content (AvgIpc) is 2.75. The third-order valence-corrected chi connectivity index (χ3v) is 4.61. The Kier molecular flexibility index (Phi) is 6.96. The molecule has 0 radical (unpaired) electrons. The summed E-state index contributed by atoms with van der Waals surface area (Å²) in [6.45, 7) is 1.95. The zero-order valence-electron chi connectivity index (χ0n) is 16.2. The van der Waals surface area contributed by atoms with E-state index in [2.05, 4.69) is 15.3 Å². The van der Waals surface area contributed by atoms with Gasteiger partial charge in [-0.3, -0.25) is 14.4 Å². The van der Waals surface area contributed by atoms with Gasteiger partial charge in [0.05, 0.1) is 12.8 Å². The summed E-state index contributed by atoms with van der Waals surface area (Å²) >= 11 is 0. The number of aromatic amines is 1. The molecule has 1 saturated heterocycles. The number of benzene rings is 1. The van der Waals surface area contributed by atoms with Crippen LogP contribution < -0.4 is 15.6 Å². The van der Waals surface area contributed by atoms with Crippen LogP contribution in [-0.2, 0) is 4.74 Å². The highest BCUT2D eigenvalue weighted by atomic mass is 16.5. The first-order chi connectivity index (χ1) is 14.1. The zero-order chi connectivity index (χ0) is 20.6. The fourth-order valence-corrected chi connectivity index (χ4v) is 3.07. The topological polar surface area (TPSA) is 114 Å². The number of piperidine rings is 1. The summed E-state index contributed by atoms with van der Waals surface area (Å²) in [5.74, 6) is 0.229. The van der Waals surface area contributed by atoms with E-state index in [0.29, 0.717) is 50.4 Å². The molecule has 1 aromatic heterocycles. The average molecular weight is 400 g/mol. The third-order valence-electron chi connectivity index (χ3n) is 4.61. The molecule has 0 unspecified atom stereocenters. The van der Waals surface area contributed by atoms with Crippen LogP contribution in [0.5, 0.6) is 5.75 Å². The Morgan fingerprint density at radius 2 is 2.10 bits per heavy atom. The monoisotopic (exact) mass is 400 g/mol. The molecule has 9 nitrogen and oxygen atoms in total. The third kappa shape index (κ3) is 5.64. The van der Waals surface area contributed by atoms with Gasteiger partial charge < -0.3 is 24.7 Å². The van der Waals surface area contributed by atoms with Crippen LogP contribution in [0.2, 0.25) is 0 Å². The van der Waals surface area contributed by atoms with E-state index in [-0.39, 0.29) is 29.2 Å². The first-order valence-electron chi connectivity index (χ1n) is 9.44. The Morgan fingerprint density at radius 3 is 2.79 bits per heavy atom. The van der Waals surface area contributed by atoms with Gasteiger partial charge in [-0.05, 0) is 18.2 Å². The van der Waals surface area contributed by atoms with Gasteiger partial charge in [-0.15, -0.1) is 0 Å². The second-order valence-electron chi connectivity index (χ2n) is 6.68. The van der Waals surface area contributed by atoms with Gasteiger partial charge in [-0.1, -0.05) is 6.07 Å². The molecule has 29 heavy (non-hydrogen) atoms. The minimum absolute atomic E-state index is 0.0469. The van der Waals surface area contributed by atoms with E-state index in [9.17, 15) is 14.4 Å². The van der Waals surface area contributed by atoms with E-state index in [1.54, 1.807) is 30.2 Å². The summed E-state index contributed by atoms with van der Waals surface area (Å²) in [5.41, 5.74) is 0.398. The molecule has 0 spiro atoms. The molecule has 3 rings (SSSR count). The van der Waals surface area contributed by atoms with Crippen LogP contribution in [0.1, 0.15) is 33.7 Å². The highest BCUT2D eigenvalue weighted by Gasteiger charge is 2.25. The van der Waals surface area contributed by atoms with Crippen molar-refractivity contribution in [3.8, 4) is 5.75 Å². The molecule has 0 aliphatic carbocycles. The maximum absolute atomic E-state index is 12.5. The van der Waals surface area contributed by atoms with Crippen LogP contribution in [0.15, 0.2) is 41.5 Å². The number of aromatic nitrogens is 2. The lowest BCUT2D eigenvalue weighted by atomic mass is 10.1. The Bertz CT molecular complexity index is 885. The summed E-state index contributed by atoms with van der Waals surface area (Å²) in [6.07, 6.45) is 3.71. The number of rotatable bonds is 7. The van der Waals surface area contributed by atoms with Crippen LogP contribution in [0.25, 0.3) is 0 Å². The summed E-state index contributed by atoms with van der Waals surface area (Å²) in [4.78, 5) is 43.7. The van der Waals surface area contributed by atoms with Gasteiger partial charge in [0.1, 0.15) is 17.5 Å². The highest BCUT2D eigenvalue weighted by Crippen LogP contribution is 2.21. The van der Waals surface area contributed by atoms with Gasteiger partial charge in [0, 0.05) is 51.3 Å². The number of nitrogens with zero attached hydrogens (tertiary/aromatic N) is 2. The largest absolute Gasteiger partial charge is 0.490 e. The molecule has 2 amide bonds. The molecule has 0 saturated carbocycles. The fourth-order valence-electron chi connectivity index (χ4n) is 3.07. The van der Waals surface area contributed by atoms with Crippen molar-refractivity contribution in [1.82, 2.24) is 20.2 Å².